The molecule has 0 aliphatic heterocycles. The van der Waals surface area contributed by atoms with Crippen molar-refractivity contribution in [3.8, 4) is 0 Å². The standard InChI is InChI=1S/C16H20N4O/c1-2-9-17-14-6-7-15(20-12-14)16(21)19-11-8-13-5-3-4-10-18-13/h3-7,10,12,17H,2,8-9,11H2,1H3,(H,19,21). The number of pyridine rings is 2. The van der Waals surface area contributed by atoms with Crippen LogP contribution >= 0.6 is 0 Å². The largest absolute Gasteiger partial charge is 0.384 e. The highest BCUT2D eigenvalue weighted by Crippen LogP contribution is 2.06. The van der Waals surface area contributed by atoms with E-state index in [9.17, 15) is 4.79 Å². The Balaban J connectivity index is 1.80. The molecule has 110 valence electrons. The highest BCUT2D eigenvalue weighted by molar-refractivity contribution is 5.92. The fourth-order valence-electron chi connectivity index (χ4n) is 1.84. The Kier molecular flexibility index (Phi) is 5.70. The number of carbonyl (C=O) groups is 1. The van der Waals surface area contributed by atoms with Crippen LogP contribution in [0.3, 0.4) is 0 Å². The summed E-state index contributed by atoms with van der Waals surface area (Å²) in [5.74, 6) is -0.159. The van der Waals surface area contributed by atoms with Crippen LogP contribution in [0.4, 0.5) is 5.69 Å². The molecule has 21 heavy (non-hydrogen) atoms. The van der Waals surface area contributed by atoms with Crippen molar-refractivity contribution in [1.82, 2.24) is 15.3 Å². The zero-order valence-corrected chi connectivity index (χ0v) is 12.2. The number of aromatic nitrogens is 2. The predicted molar refractivity (Wildman–Crippen MR) is 83.3 cm³/mol. The van der Waals surface area contributed by atoms with E-state index in [1.165, 1.54) is 0 Å². The lowest BCUT2D eigenvalue weighted by molar-refractivity contribution is 0.0949. The van der Waals surface area contributed by atoms with Crippen molar-refractivity contribution in [3.63, 3.8) is 0 Å². The van der Waals surface area contributed by atoms with Gasteiger partial charge in [-0.25, -0.2) is 4.98 Å². The Morgan fingerprint density at radius 3 is 2.71 bits per heavy atom. The van der Waals surface area contributed by atoms with Crippen LogP contribution in [0.15, 0.2) is 42.7 Å². The molecule has 0 spiro atoms. The Morgan fingerprint density at radius 1 is 1.14 bits per heavy atom. The van der Waals surface area contributed by atoms with E-state index >= 15 is 0 Å². The van der Waals surface area contributed by atoms with Gasteiger partial charge < -0.3 is 10.6 Å². The van der Waals surface area contributed by atoms with Crippen LogP contribution < -0.4 is 10.6 Å². The number of anilines is 1. The Labute approximate surface area is 124 Å². The first-order valence-electron chi connectivity index (χ1n) is 7.17. The first-order valence-corrected chi connectivity index (χ1v) is 7.17. The van der Waals surface area contributed by atoms with Crippen LogP contribution in [-0.2, 0) is 6.42 Å². The fraction of sp³-hybridized carbons (Fsp3) is 0.312. The molecule has 5 nitrogen and oxygen atoms in total. The Bertz CT molecular complexity index is 554. The SMILES string of the molecule is CCCNc1ccc(C(=O)NCCc2ccccn2)nc1. The van der Waals surface area contributed by atoms with Gasteiger partial charge in [0, 0.05) is 31.4 Å². The highest BCUT2D eigenvalue weighted by atomic mass is 16.1. The van der Waals surface area contributed by atoms with E-state index in [0.29, 0.717) is 18.7 Å². The molecule has 2 N–H and O–H groups in total. The molecule has 1 amide bonds. The molecule has 0 aliphatic carbocycles. The minimum absolute atomic E-state index is 0.159. The zero-order chi connectivity index (χ0) is 14.9. The summed E-state index contributed by atoms with van der Waals surface area (Å²) < 4.78 is 0. The summed E-state index contributed by atoms with van der Waals surface area (Å²) in [5, 5.41) is 6.07. The smallest absolute Gasteiger partial charge is 0.269 e. The van der Waals surface area contributed by atoms with Gasteiger partial charge in [0.1, 0.15) is 5.69 Å². The number of nitrogens with zero attached hydrogens (tertiary/aromatic N) is 2. The van der Waals surface area contributed by atoms with Gasteiger partial charge in [0.25, 0.3) is 5.91 Å². The van der Waals surface area contributed by atoms with Crippen LogP contribution in [0.1, 0.15) is 29.5 Å². The predicted octanol–water partition coefficient (Wildman–Crippen LogP) is 2.27. The number of hydrogen-bond donors (Lipinski definition) is 2. The summed E-state index contributed by atoms with van der Waals surface area (Å²) in [4.78, 5) is 20.3. The maximum atomic E-state index is 11.9. The van der Waals surface area contributed by atoms with Crippen LogP contribution in [0, 0.1) is 0 Å². The van der Waals surface area contributed by atoms with Crippen molar-refractivity contribution < 1.29 is 4.79 Å². The number of carbonyl (C=O) groups excluding carboxylic acids is 1. The molecule has 0 aromatic carbocycles. The fourth-order valence-corrected chi connectivity index (χ4v) is 1.84. The third-order valence-corrected chi connectivity index (χ3v) is 2.97. The first-order chi connectivity index (χ1) is 10.3. The molecule has 0 fully saturated rings. The summed E-state index contributed by atoms with van der Waals surface area (Å²) in [6.07, 6.45) is 5.20. The minimum Gasteiger partial charge on any atom is -0.384 e. The highest BCUT2D eigenvalue weighted by Gasteiger charge is 2.06. The van der Waals surface area contributed by atoms with E-state index in [-0.39, 0.29) is 5.91 Å². The third-order valence-electron chi connectivity index (χ3n) is 2.97. The maximum absolute atomic E-state index is 11.9. The lowest BCUT2D eigenvalue weighted by atomic mass is 10.2. The van der Waals surface area contributed by atoms with E-state index in [1.807, 2.05) is 24.3 Å². The number of amides is 1. The van der Waals surface area contributed by atoms with Gasteiger partial charge >= 0.3 is 0 Å². The average Bonchev–Trinajstić information content (AvgIpc) is 2.54. The summed E-state index contributed by atoms with van der Waals surface area (Å²) >= 11 is 0. The lowest BCUT2D eigenvalue weighted by Crippen LogP contribution is -2.26. The summed E-state index contributed by atoms with van der Waals surface area (Å²) in [6.45, 7) is 3.55. The molecule has 2 aromatic rings. The second-order valence-electron chi connectivity index (χ2n) is 4.69. The number of hydrogen-bond acceptors (Lipinski definition) is 4. The van der Waals surface area contributed by atoms with Gasteiger partial charge in [0.15, 0.2) is 0 Å². The van der Waals surface area contributed by atoms with Crippen molar-refractivity contribution >= 4 is 11.6 Å². The number of nitrogens with one attached hydrogen (secondary N) is 2. The molecule has 0 aliphatic rings. The molecule has 5 heteroatoms. The second kappa shape index (κ2) is 7.99. The number of rotatable bonds is 7. The first kappa shape index (κ1) is 15.0. The molecule has 0 unspecified atom stereocenters. The monoisotopic (exact) mass is 284 g/mol. The van der Waals surface area contributed by atoms with Crippen molar-refractivity contribution in [2.24, 2.45) is 0 Å². The second-order valence-corrected chi connectivity index (χ2v) is 4.69. The van der Waals surface area contributed by atoms with Crippen molar-refractivity contribution in [3.05, 3.63) is 54.1 Å². The van der Waals surface area contributed by atoms with Gasteiger partial charge in [-0.3, -0.25) is 9.78 Å². The quantitative estimate of drug-likeness (QED) is 0.818. The van der Waals surface area contributed by atoms with Gasteiger partial charge in [-0.2, -0.15) is 0 Å². The molecule has 2 rings (SSSR count). The van der Waals surface area contributed by atoms with Crippen molar-refractivity contribution in [2.45, 2.75) is 19.8 Å². The van der Waals surface area contributed by atoms with E-state index < -0.39 is 0 Å². The topological polar surface area (TPSA) is 66.9 Å². The van der Waals surface area contributed by atoms with Gasteiger partial charge in [-0.15, -0.1) is 0 Å². The summed E-state index contributed by atoms with van der Waals surface area (Å²) in [7, 11) is 0. The van der Waals surface area contributed by atoms with Crippen molar-refractivity contribution in [1.29, 1.82) is 0 Å². The van der Waals surface area contributed by atoms with Crippen LogP contribution in [-0.4, -0.2) is 29.0 Å². The third kappa shape index (κ3) is 4.87. The summed E-state index contributed by atoms with van der Waals surface area (Å²) in [6, 6.07) is 9.36. The van der Waals surface area contributed by atoms with Gasteiger partial charge in [0.2, 0.25) is 0 Å². The molecule has 0 atom stereocenters. The van der Waals surface area contributed by atoms with E-state index in [1.54, 1.807) is 18.5 Å². The molecule has 2 heterocycles. The molecule has 0 saturated heterocycles. The minimum atomic E-state index is -0.159. The average molecular weight is 284 g/mol. The van der Waals surface area contributed by atoms with Crippen molar-refractivity contribution in [2.75, 3.05) is 18.4 Å². The maximum Gasteiger partial charge on any atom is 0.269 e. The van der Waals surface area contributed by atoms with Crippen LogP contribution in [0.2, 0.25) is 0 Å². The molecule has 0 radical (unpaired) electrons. The normalized spacial score (nSPS) is 10.1. The molecular weight excluding hydrogens is 264 g/mol. The zero-order valence-electron chi connectivity index (χ0n) is 12.2. The van der Waals surface area contributed by atoms with Gasteiger partial charge in [-0.1, -0.05) is 13.0 Å². The lowest BCUT2D eigenvalue weighted by Gasteiger charge is -2.06. The van der Waals surface area contributed by atoms with E-state index in [0.717, 1.165) is 24.3 Å². The molecule has 2 aromatic heterocycles. The summed E-state index contributed by atoms with van der Waals surface area (Å²) in [5.41, 5.74) is 2.32. The Hall–Kier alpha value is -2.43. The van der Waals surface area contributed by atoms with E-state index in [4.69, 9.17) is 0 Å². The molecule has 0 saturated carbocycles. The van der Waals surface area contributed by atoms with E-state index in [2.05, 4.69) is 27.5 Å². The van der Waals surface area contributed by atoms with Crippen LogP contribution in [0.5, 0.6) is 0 Å². The molecular formula is C16H20N4O. The van der Waals surface area contributed by atoms with Gasteiger partial charge in [-0.05, 0) is 30.7 Å². The van der Waals surface area contributed by atoms with Gasteiger partial charge in [0.05, 0.1) is 11.9 Å². The molecule has 0 bridgehead atoms. The van der Waals surface area contributed by atoms with Crippen LogP contribution in [0.25, 0.3) is 0 Å². The Morgan fingerprint density at radius 2 is 2.05 bits per heavy atom.